The van der Waals surface area contributed by atoms with E-state index in [-0.39, 0.29) is 18.9 Å². The first kappa shape index (κ1) is 26.8. The number of benzene rings is 1. The highest BCUT2D eigenvalue weighted by Crippen LogP contribution is 2.33. The molecular formula is C27H32N6O5S. The fourth-order valence-corrected chi connectivity index (χ4v) is 6.54. The van der Waals surface area contributed by atoms with E-state index < -0.39 is 22.9 Å². The second-order valence-electron chi connectivity index (χ2n) is 9.95. The Morgan fingerprint density at radius 3 is 2.49 bits per heavy atom. The van der Waals surface area contributed by atoms with Gasteiger partial charge in [0, 0.05) is 24.2 Å². The minimum Gasteiger partial charge on any atom is -0.496 e. The SMILES string of the molecule is CCC(C)(C(=O)N1CCCC1)n1c(=O)c2c(C)c(-n3nccn3)sc2n(C[C@H](O)c2ccccc2OC)c1=O. The lowest BCUT2D eigenvalue weighted by molar-refractivity contribution is -0.139. The highest BCUT2D eigenvalue weighted by Gasteiger charge is 2.41. The van der Waals surface area contributed by atoms with Crippen molar-refractivity contribution in [3.63, 3.8) is 0 Å². The Balaban J connectivity index is 1.77. The molecule has 0 bridgehead atoms. The van der Waals surface area contributed by atoms with Gasteiger partial charge in [-0.15, -0.1) is 4.80 Å². The van der Waals surface area contributed by atoms with Crippen LogP contribution in [0.25, 0.3) is 15.2 Å². The first-order chi connectivity index (χ1) is 18.7. The highest BCUT2D eigenvalue weighted by atomic mass is 32.1. The molecule has 1 fully saturated rings. The molecule has 206 valence electrons. The van der Waals surface area contributed by atoms with Crippen molar-refractivity contribution in [2.45, 2.75) is 58.2 Å². The smallest absolute Gasteiger partial charge is 0.333 e. The average molecular weight is 553 g/mol. The van der Waals surface area contributed by atoms with Crippen LogP contribution in [0.1, 0.15) is 50.3 Å². The van der Waals surface area contributed by atoms with Crippen LogP contribution in [0.4, 0.5) is 0 Å². The highest BCUT2D eigenvalue weighted by molar-refractivity contribution is 7.21. The molecule has 5 rings (SSSR count). The number of rotatable bonds is 8. The zero-order chi connectivity index (χ0) is 27.9. The molecule has 12 heteroatoms. The summed E-state index contributed by atoms with van der Waals surface area (Å²) in [5.41, 5.74) is -1.49. The summed E-state index contributed by atoms with van der Waals surface area (Å²) in [7, 11) is 1.51. The van der Waals surface area contributed by atoms with Gasteiger partial charge in [0.25, 0.3) is 5.56 Å². The zero-order valence-electron chi connectivity index (χ0n) is 22.5. The molecule has 1 N–H and O–H groups in total. The Morgan fingerprint density at radius 2 is 1.85 bits per heavy atom. The van der Waals surface area contributed by atoms with Crippen molar-refractivity contribution in [2.24, 2.45) is 0 Å². The fraction of sp³-hybridized carbons (Fsp3) is 0.444. The number of para-hydroxylation sites is 1. The Kier molecular flexibility index (Phi) is 7.17. The van der Waals surface area contributed by atoms with Crippen LogP contribution in [0.15, 0.2) is 46.2 Å². The number of aliphatic hydroxyl groups is 1. The quantitative estimate of drug-likeness (QED) is 0.356. The monoisotopic (exact) mass is 552 g/mol. The number of aromatic nitrogens is 5. The van der Waals surface area contributed by atoms with Crippen LogP contribution < -0.4 is 16.0 Å². The van der Waals surface area contributed by atoms with Gasteiger partial charge in [-0.1, -0.05) is 36.5 Å². The van der Waals surface area contributed by atoms with Crippen molar-refractivity contribution in [2.75, 3.05) is 20.2 Å². The molecule has 0 aliphatic carbocycles. The van der Waals surface area contributed by atoms with Crippen LogP contribution >= 0.6 is 11.3 Å². The van der Waals surface area contributed by atoms with E-state index in [0.717, 1.165) is 17.4 Å². The molecule has 1 amide bonds. The second-order valence-corrected chi connectivity index (χ2v) is 10.9. The molecule has 1 saturated heterocycles. The summed E-state index contributed by atoms with van der Waals surface area (Å²) in [6, 6.07) is 7.04. The summed E-state index contributed by atoms with van der Waals surface area (Å²) in [5, 5.41) is 20.6. The summed E-state index contributed by atoms with van der Waals surface area (Å²) in [6.45, 7) is 6.27. The zero-order valence-corrected chi connectivity index (χ0v) is 23.3. The van der Waals surface area contributed by atoms with E-state index in [9.17, 15) is 19.5 Å². The first-order valence-corrected chi connectivity index (χ1v) is 13.8. The Labute approximate surface area is 228 Å². The number of carbonyl (C=O) groups excluding carboxylic acids is 1. The van der Waals surface area contributed by atoms with Gasteiger partial charge in [-0.2, -0.15) is 10.2 Å². The number of fused-ring (bicyclic) bond motifs is 1. The molecule has 1 aliphatic rings. The van der Waals surface area contributed by atoms with Crippen LogP contribution in [-0.2, 0) is 16.9 Å². The minimum atomic E-state index is -1.40. The van der Waals surface area contributed by atoms with Crippen molar-refractivity contribution in [1.82, 2.24) is 29.0 Å². The number of carbonyl (C=O) groups is 1. The van der Waals surface area contributed by atoms with Gasteiger partial charge in [0.2, 0.25) is 5.91 Å². The summed E-state index contributed by atoms with van der Waals surface area (Å²) in [6.07, 6.45) is 3.96. The minimum absolute atomic E-state index is 0.153. The third-order valence-electron chi connectivity index (χ3n) is 7.68. The molecule has 1 unspecified atom stereocenters. The van der Waals surface area contributed by atoms with E-state index in [1.807, 2.05) is 0 Å². The molecule has 0 saturated carbocycles. The predicted molar refractivity (Wildman–Crippen MR) is 148 cm³/mol. The molecule has 1 aliphatic heterocycles. The number of thiophene rings is 1. The van der Waals surface area contributed by atoms with Crippen LogP contribution in [0.5, 0.6) is 5.75 Å². The number of nitrogens with zero attached hydrogens (tertiary/aromatic N) is 6. The third-order valence-corrected chi connectivity index (χ3v) is 8.96. The van der Waals surface area contributed by atoms with Gasteiger partial charge in [0.1, 0.15) is 27.2 Å². The maximum absolute atomic E-state index is 14.2. The van der Waals surface area contributed by atoms with Gasteiger partial charge < -0.3 is 14.7 Å². The number of likely N-dealkylation sites (tertiary alicyclic amines) is 1. The van der Waals surface area contributed by atoms with Crippen molar-refractivity contribution in [3.8, 4) is 10.8 Å². The molecule has 4 aromatic rings. The van der Waals surface area contributed by atoms with Crippen LogP contribution in [-0.4, -0.2) is 60.2 Å². The molecular weight excluding hydrogens is 520 g/mol. The average Bonchev–Trinajstić information content (AvgIpc) is 3.72. The third kappa shape index (κ3) is 4.37. The van der Waals surface area contributed by atoms with Gasteiger partial charge >= 0.3 is 5.69 Å². The lowest BCUT2D eigenvalue weighted by Crippen LogP contribution is -2.57. The van der Waals surface area contributed by atoms with Crippen molar-refractivity contribution in [3.05, 3.63) is 68.6 Å². The lowest BCUT2D eigenvalue weighted by Gasteiger charge is -2.33. The number of hydrogen-bond acceptors (Lipinski definition) is 8. The second kappa shape index (κ2) is 10.4. The normalized spacial score (nSPS) is 16.0. The summed E-state index contributed by atoms with van der Waals surface area (Å²) in [4.78, 5) is 45.7. The summed E-state index contributed by atoms with van der Waals surface area (Å²) >= 11 is 1.19. The molecule has 3 aromatic heterocycles. The van der Waals surface area contributed by atoms with Crippen molar-refractivity contribution >= 4 is 27.5 Å². The number of amides is 1. The summed E-state index contributed by atoms with van der Waals surface area (Å²) < 4.78 is 7.91. The fourth-order valence-electron chi connectivity index (χ4n) is 5.32. The number of ether oxygens (including phenoxy) is 1. The Morgan fingerprint density at radius 1 is 1.18 bits per heavy atom. The van der Waals surface area contributed by atoms with Gasteiger partial charge in [-0.25, -0.2) is 9.36 Å². The van der Waals surface area contributed by atoms with E-state index in [4.69, 9.17) is 4.74 Å². The van der Waals surface area contributed by atoms with Gasteiger partial charge in [-0.05, 0) is 39.2 Å². The van der Waals surface area contributed by atoms with E-state index in [0.29, 0.717) is 45.2 Å². The maximum Gasteiger partial charge on any atom is 0.333 e. The van der Waals surface area contributed by atoms with E-state index >= 15 is 0 Å². The van der Waals surface area contributed by atoms with Crippen LogP contribution in [0.2, 0.25) is 0 Å². The first-order valence-electron chi connectivity index (χ1n) is 13.0. The Bertz CT molecular complexity index is 1630. The molecule has 1 aromatic carbocycles. The number of aryl methyl sites for hydroxylation is 1. The Hall–Kier alpha value is -3.77. The lowest BCUT2D eigenvalue weighted by atomic mass is 9.96. The molecule has 0 spiro atoms. The number of methoxy groups -OCH3 is 1. The van der Waals surface area contributed by atoms with E-state index in [1.54, 1.807) is 49.9 Å². The summed E-state index contributed by atoms with van der Waals surface area (Å²) in [5.74, 6) is 0.230. The molecule has 4 heterocycles. The van der Waals surface area contributed by atoms with Crippen molar-refractivity contribution in [1.29, 1.82) is 0 Å². The largest absolute Gasteiger partial charge is 0.496 e. The van der Waals surface area contributed by atoms with Crippen LogP contribution in [0.3, 0.4) is 0 Å². The molecule has 11 nitrogen and oxygen atoms in total. The molecule has 2 atom stereocenters. The number of hydrogen-bond donors (Lipinski definition) is 1. The predicted octanol–water partition coefficient (Wildman–Crippen LogP) is 2.60. The number of aliphatic hydroxyl groups excluding tert-OH is 1. The maximum atomic E-state index is 14.2. The topological polar surface area (TPSA) is 124 Å². The van der Waals surface area contributed by atoms with Crippen LogP contribution in [0, 0.1) is 6.92 Å². The standard InChI is InChI=1S/C27H32N6O5S/c1-5-27(3,25(36)30-14-8-9-15-30)32-22(35)21-17(2)23(33-28-12-13-29-33)39-24(21)31(26(32)37)16-19(34)18-10-6-7-11-20(18)38-4/h6-7,10-13,19,34H,5,8-9,14-16H2,1-4H3/t19-,27?/m0/s1. The van der Waals surface area contributed by atoms with Gasteiger partial charge in [-0.3, -0.25) is 14.2 Å². The van der Waals surface area contributed by atoms with Gasteiger partial charge in [0.05, 0.1) is 31.4 Å². The van der Waals surface area contributed by atoms with Gasteiger partial charge in [0.15, 0.2) is 0 Å². The van der Waals surface area contributed by atoms with E-state index in [2.05, 4.69) is 10.2 Å². The van der Waals surface area contributed by atoms with Crippen molar-refractivity contribution < 1.29 is 14.6 Å². The van der Waals surface area contributed by atoms with E-state index in [1.165, 1.54) is 40.2 Å². The molecule has 0 radical (unpaired) electrons. The molecule has 39 heavy (non-hydrogen) atoms.